The fraction of sp³-hybridized carbons (Fsp3) is 0.682. The average molecular weight is 341 g/mol. The topological polar surface area (TPSA) is 48.1 Å². The summed E-state index contributed by atoms with van der Waals surface area (Å²) in [6, 6.07) is 4.22. The lowest BCUT2D eigenvalue weighted by Gasteiger charge is -2.40. The first-order valence-electron chi connectivity index (χ1n) is 9.83. The van der Waals surface area contributed by atoms with Gasteiger partial charge in [0.2, 0.25) is 0 Å². The molecule has 0 saturated carbocycles. The minimum Gasteiger partial charge on any atom is -0.397 e. The van der Waals surface area contributed by atoms with E-state index in [0.29, 0.717) is 11.3 Å². The van der Waals surface area contributed by atoms with Crippen molar-refractivity contribution in [3.63, 3.8) is 0 Å². The van der Waals surface area contributed by atoms with E-state index in [0.717, 1.165) is 37.1 Å². The molecule has 0 amide bonds. The molecule has 136 valence electrons. The third-order valence-electron chi connectivity index (χ3n) is 6.67. The summed E-state index contributed by atoms with van der Waals surface area (Å²) in [4.78, 5) is 5.08. The fourth-order valence-corrected chi connectivity index (χ4v) is 5.10. The normalized spacial score (nSPS) is 37.0. The Labute approximate surface area is 152 Å². The minimum absolute atomic E-state index is 0.0228. The largest absolute Gasteiger partial charge is 0.397 e. The van der Waals surface area contributed by atoms with Crippen molar-refractivity contribution in [1.29, 1.82) is 0 Å². The van der Waals surface area contributed by atoms with E-state index in [1.807, 2.05) is 0 Å². The number of aromatic nitrogens is 1. The maximum absolute atomic E-state index is 6.35. The highest BCUT2D eigenvalue weighted by Crippen LogP contribution is 2.52. The second-order valence-corrected chi connectivity index (χ2v) is 9.88. The summed E-state index contributed by atoms with van der Waals surface area (Å²) in [6.07, 6.45) is 10.2. The molecular weight excluding hydrogens is 308 g/mol. The summed E-state index contributed by atoms with van der Waals surface area (Å²) in [7, 11) is 0. The maximum Gasteiger partial charge on any atom is 0.0891 e. The summed E-state index contributed by atoms with van der Waals surface area (Å²) in [6.45, 7) is 9.22. The van der Waals surface area contributed by atoms with Crippen LogP contribution in [0.2, 0.25) is 0 Å². The first-order valence-corrected chi connectivity index (χ1v) is 9.83. The Morgan fingerprint density at radius 1 is 1.04 bits per heavy atom. The van der Waals surface area contributed by atoms with Gasteiger partial charge >= 0.3 is 0 Å². The predicted molar refractivity (Wildman–Crippen MR) is 103 cm³/mol. The number of rotatable bonds is 2. The van der Waals surface area contributed by atoms with Crippen LogP contribution in [0.25, 0.3) is 5.57 Å². The van der Waals surface area contributed by atoms with Gasteiger partial charge in [-0.15, -0.1) is 0 Å². The average Bonchev–Trinajstić information content (AvgIpc) is 2.76. The number of allylic oxidation sites excluding steroid dienone is 2. The summed E-state index contributed by atoms with van der Waals surface area (Å²) in [5.41, 5.74) is 11.2. The Bertz CT molecular complexity index is 705. The van der Waals surface area contributed by atoms with Gasteiger partial charge in [-0.05, 0) is 81.9 Å². The van der Waals surface area contributed by atoms with Gasteiger partial charge in [0, 0.05) is 11.6 Å². The van der Waals surface area contributed by atoms with E-state index in [1.54, 1.807) is 0 Å². The molecule has 3 nitrogen and oxygen atoms in total. The number of nitrogens with two attached hydrogens (primary N) is 1. The van der Waals surface area contributed by atoms with Gasteiger partial charge in [0.25, 0.3) is 0 Å². The van der Waals surface area contributed by atoms with Crippen LogP contribution >= 0.6 is 0 Å². The Kier molecular flexibility index (Phi) is 3.81. The molecule has 1 aromatic heterocycles. The SMILES string of the molecule is CC1(C)CC=C(c2nc(C3CC4(C)CCC(C)(C3)O4)ccc2N)CC1. The lowest BCUT2D eigenvalue weighted by Crippen LogP contribution is -2.40. The minimum atomic E-state index is 0.0228. The van der Waals surface area contributed by atoms with Crippen LogP contribution in [0.3, 0.4) is 0 Å². The number of hydrogen-bond donors (Lipinski definition) is 1. The molecule has 0 spiro atoms. The zero-order valence-electron chi connectivity index (χ0n) is 16.2. The van der Waals surface area contributed by atoms with Crippen molar-refractivity contribution >= 4 is 11.3 Å². The van der Waals surface area contributed by atoms with E-state index in [2.05, 4.69) is 45.9 Å². The molecule has 4 rings (SSSR count). The highest BCUT2D eigenvalue weighted by molar-refractivity contribution is 5.72. The molecule has 3 heterocycles. The van der Waals surface area contributed by atoms with Crippen LogP contribution < -0.4 is 5.73 Å². The molecule has 3 heteroatoms. The first kappa shape index (κ1) is 17.1. The van der Waals surface area contributed by atoms with Gasteiger partial charge in [0.1, 0.15) is 0 Å². The van der Waals surface area contributed by atoms with Crippen LogP contribution in [0.4, 0.5) is 5.69 Å². The van der Waals surface area contributed by atoms with Crippen molar-refractivity contribution in [1.82, 2.24) is 4.98 Å². The van der Waals surface area contributed by atoms with Crippen molar-refractivity contribution < 1.29 is 4.74 Å². The molecule has 0 aromatic carbocycles. The number of nitrogens with zero attached hydrogens (tertiary/aromatic N) is 1. The van der Waals surface area contributed by atoms with Gasteiger partial charge in [-0.25, -0.2) is 0 Å². The fourth-order valence-electron chi connectivity index (χ4n) is 5.10. The molecule has 2 unspecified atom stereocenters. The van der Waals surface area contributed by atoms with Crippen molar-refractivity contribution in [2.24, 2.45) is 5.41 Å². The summed E-state index contributed by atoms with van der Waals surface area (Å²) < 4.78 is 6.35. The molecule has 2 aliphatic heterocycles. The molecule has 2 N–H and O–H groups in total. The third kappa shape index (κ3) is 3.23. The van der Waals surface area contributed by atoms with Crippen LogP contribution in [0.15, 0.2) is 18.2 Å². The Morgan fingerprint density at radius 3 is 2.32 bits per heavy atom. The Balaban J connectivity index is 1.63. The van der Waals surface area contributed by atoms with Crippen LogP contribution in [-0.4, -0.2) is 16.2 Å². The molecule has 3 aliphatic rings. The zero-order valence-corrected chi connectivity index (χ0v) is 16.2. The molecule has 2 fully saturated rings. The first-order chi connectivity index (χ1) is 11.7. The summed E-state index contributed by atoms with van der Waals surface area (Å²) in [5, 5.41) is 0. The van der Waals surface area contributed by atoms with Gasteiger partial charge in [0.15, 0.2) is 0 Å². The van der Waals surface area contributed by atoms with E-state index in [-0.39, 0.29) is 11.2 Å². The van der Waals surface area contributed by atoms with E-state index in [4.69, 9.17) is 15.5 Å². The van der Waals surface area contributed by atoms with Crippen LogP contribution in [0, 0.1) is 5.41 Å². The Morgan fingerprint density at radius 2 is 1.72 bits per heavy atom. The second-order valence-electron chi connectivity index (χ2n) is 9.88. The van der Waals surface area contributed by atoms with Gasteiger partial charge in [0.05, 0.1) is 22.6 Å². The van der Waals surface area contributed by atoms with E-state index >= 15 is 0 Å². The Hall–Kier alpha value is -1.35. The summed E-state index contributed by atoms with van der Waals surface area (Å²) >= 11 is 0. The molecule has 1 aromatic rings. The summed E-state index contributed by atoms with van der Waals surface area (Å²) in [5.74, 6) is 0.478. The van der Waals surface area contributed by atoms with Crippen LogP contribution in [0.1, 0.15) is 89.9 Å². The molecule has 2 bridgehead atoms. The van der Waals surface area contributed by atoms with E-state index in [1.165, 1.54) is 30.5 Å². The number of hydrogen-bond acceptors (Lipinski definition) is 3. The van der Waals surface area contributed by atoms with Gasteiger partial charge in [-0.3, -0.25) is 4.98 Å². The van der Waals surface area contributed by atoms with Crippen molar-refractivity contribution in [3.8, 4) is 0 Å². The molecule has 2 saturated heterocycles. The maximum atomic E-state index is 6.35. The number of nitrogen functional groups attached to an aromatic ring is 1. The lowest BCUT2D eigenvalue weighted by atomic mass is 9.77. The second kappa shape index (κ2) is 5.57. The number of anilines is 1. The lowest BCUT2D eigenvalue weighted by molar-refractivity contribution is -0.127. The zero-order chi connectivity index (χ0) is 17.9. The van der Waals surface area contributed by atoms with Crippen LogP contribution in [0.5, 0.6) is 0 Å². The van der Waals surface area contributed by atoms with Crippen molar-refractivity contribution in [2.75, 3.05) is 5.73 Å². The van der Waals surface area contributed by atoms with Crippen molar-refractivity contribution in [3.05, 3.63) is 29.6 Å². The molecule has 0 radical (unpaired) electrons. The van der Waals surface area contributed by atoms with Crippen LogP contribution in [-0.2, 0) is 4.74 Å². The van der Waals surface area contributed by atoms with Crippen molar-refractivity contribution in [2.45, 2.75) is 89.8 Å². The van der Waals surface area contributed by atoms with E-state index < -0.39 is 0 Å². The highest BCUT2D eigenvalue weighted by Gasteiger charge is 2.50. The monoisotopic (exact) mass is 340 g/mol. The molecular formula is C22H32N2O. The van der Waals surface area contributed by atoms with Gasteiger partial charge in [-0.2, -0.15) is 0 Å². The molecule has 2 atom stereocenters. The number of ether oxygens (including phenoxy) is 1. The highest BCUT2D eigenvalue weighted by atomic mass is 16.5. The molecule has 25 heavy (non-hydrogen) atoms. The van der Waals surface area contributed by atoms with Gasteiger partial charge in [-0.1, -0.05) is 19.9 Å². The quantitative estimate of drug-likeness (QED) is 0.777. The van der Waals surface area contributed by atoms with Gasteiger partial charge < -0.3 is 10.5 Å². The smallest absolute Gasteiger partial charge is 0.0891 e. The third-order valence-corrected chi connectivity index (χ3v) is 6.67. The number of fused-ring (bicyclic) bond motifs is 2. The number of pyridine rings is 1. The van der Waals surface area contributed by atoms with E-state index in [9.17, 15) is 0 Å². The molecule has 1 aliphatic carbocycles. The predicted octanol–water partition coefficient (Wildman–Crippen LogP) is 5.46. The standard InChI is InChI=1S/C22H32N2O/c1-20(2)9-7-15(8-10-20)19-17(23)5-6-18(24-19)16-13-21(3)11-12-22(4,14-16)25-21/h5-7,16H,8-14,23H2,1-4H3.